The van der Waals surface area contributed by atoms with Gasteiger partial charge in [0.05, 0.1) is 19.3 Å². The molecule has 1 rings (SSSR count). The molecular weight excluding hydrogens is 254 g/mol. The minimum absolute atomic E-state index is 0.395. The molecule has 0 aliphatic carbocycles. The summed E-state index contributed by atoms with van der Waals surface area (Å²) in [6.07, 6.45) is 1.71. The second kappa shape index (κ2) is 10.7. The Bertz CT molecular complexity index is 357. The molecule has 0 bridgehead atoms. The largest absolute Gasteiger partial charge is 0.494 e. The summed E-state index contributed by atoms with van der Waals surface area (Å²) in [6, 6.07) is 7.98. The van der Waals surface area contributed by atoms with Gasteiger partial charge in [-0.3, -0.25) is 0 Å². The number of aliphatic hydroxyl groups excluding tert-OH is 1. The van der Waals surface area contributed by atoms with E-state index in [0.717, 1.165) is 30.8 Å². The third-order valence-corrected chi connectivity index (χ3v) is 2.87. The summed E-state index contributed by atoms with van der Waals surface area (Å²) in [5, 5.41) is 13.0. The molecule has 0 heterocycles. The number of benzene rings is 1. The molecule has 20 heavy (non-hydrogen) atoms. The van der Waals surface area contributed by atoms with Gasteiger partial charge in [0.15, 0.2) is 0 Å². The van der Waals surface area contributed by atoms with Gasteiger partial charge in [-0.15, -0.1) is 0 Å². The summed E-state index contributed by atoms with van der Waals surface area (Å²) in [6.45, 7) is 7.14. The summed E-state index contributed by atoms with van der Waals surface area (Å²) in [4.78, 5) is 0. The zero-order valence-corrected chi connectivity index (χ0v) is 12.6. The molecule has 0 amide bonds. The lowest BCUT2D eigenvalue weighted by Gasteiger charge is -2.12. The van der Waals surface area contributed by atoms with E-state index in [4.69, 9.17) is 9.47 Å². The van der Waals surface area contributed by atoms with Gasteiger partial charge in [-0.1, -0.05) is 25.5 Å². The van der Waals surface area contributed by atoms with Crippen LogP contribution >= 0.6 is 0 Å². The number of unbranched alkanes of at least 4 members (excludes halogenated alkanes) is 1. The third-order valence-electron chi connectivity index (χ3n) is 2.87. The Morgan fingerprint density at radius 2 is 2.15 bits per heavy atom. The van der Waals surface area contributed by atoms with Gasteiger partial charge >= 0.3 is 0 Å². The van der Waals surface area contributed by atoms with E-state index in [1.807, 2.05) is 31.2 Å². The average molecular weight is 281 g/mol. The van der Waals surface area contributed by atoms with Gasteiger partial charge in [-0.25, -0.2) is 0 Å². The SMILES string of the molecule is CCCCOCC(O)CNCc1cccc(OCC)c1. The molecule has 0 aliphatic rings. The fraction of sp³-hybridized carbons (Fsp3) is 0.625. The Balaban J connectivity index is 2.18. The highest BCUT2D eigenvalue weighted by molar-refractivity contribution is 5.28. The Morgan fingerprint density at radius 1 is 1.30 bits per heavy atom. The summed E-state index contributed by atoms with van der Waals surface area (Å²) in [5.41, 5.74) is 1.15. The lowest BCUT2D eigenvalue weighted by Crippen LogP contribution is -2.30. The van der Waals surface area contributed by atoms with Crippen molar-refractivity contribution in [2.75, 3.05) is 26.4 Å². The second-order valence-corrected chi connectivity index (χ2v) is 4.79. The molecule has 0 aromatic heterocycles. The van der Waals surface area contributed by atoms with Gasteiger partial charge in [0, 0.05) is 19.7 Å². The third kappa shape index (κ3) is 7.48. The van der Waals surface area contributed by atoms with Crippen LogP contribution in [0.5, 0.6) is 5.75 Å². The number of nitrogens with one attached hydrogen (secondary N) is 1. The van der Waals surface area contributed by atoms with Crippen molar-refractivity contribution in [3.8, 4) is 5.75 Å². The van der Waals surface area contributed by atoms with Crippen molar-refractivity contribution in [1.29, 1.82) is 0 Å². The maximum Gasteiger partial charge on any atom is 0.119 e. The highest BCUT2D eigenvalue weighted by Crippen LogP contribution is 2.12. The van der Waals surface area contributed by atoms with E-state index in [9.17, 15) is 5.11 Å². The molecule has 1 unspecified atom stereocenters. The molecule has 1 aromatic carbocycles. The summed E-state index contributed by atoms with van der Waals surface area (Å²) < 4.78 is 10.8. The number of hydrogen-bond donors (Lipinski definition) is 2. The molecule has 0 fully saturated rings. The smallest absolute Gasteiger partial charge is 0.119 e. The van der Waals surface area contributed by atoms with Crippen LogP contribution in [-0.2, 0) is 11.3 Å². The highest BCUT2D eigenvalue weighted by Gasteiger charge is 2.04. The highest BCUT2D eigenvalue weighted by atomic mass is 16.5. The van der Waals surface area contributed by atoms with Crippen LogP contribution < -0.4 is 10.1 Å². The van der Waals surface area contributed by atoms with E-state index in [2.05, 4.69) is 12.2 Å². The normalized spacial score (nSPS) is 12.3. The van der Waals surface area contributed by atoms with Crippen LogP contribution in [0.15, 0.2) is 24.3 Å². The molecule has 0 saturated carbocycles. The number of hydrogen-bond acceptors (Lipinski definition) is 4. The van der Waals surface area contributed by atoms with Crippen LogP contribution in [0.3, 0.4) is 0 Å². The molecule has 0 saturated heterocycles. The van der Waals surface area contributed by atoms with Crippen molar-refractivity contribution in [2.45, 2.75) is 39.3 Å². The van der Waals surface area contributed by atoms with Crippen LogP contribution in [0.1, 0.15) is 32.3 Å². The van der Waals surface area contributed by atoms with Crippen molar-refractivity contribution in [3.63, 3.8) is 0 Å². The first kappa shape index (κ1) is 17.0. The molecule has 1 atom stereocenters. The lowest BCUT2D eigenvalue weighted by molar-refractivity contribution is 0.0358. The van der Waals surface area contributed by atoms with Gasteiger partial charge in [0.1, 0.15) is 5.75 Å². The van der Waals surface area contributed by atoms with E-state index in [-0.39, 0.29) is 0 Å². The van der Waals surface area contributed by atoms with Gasteiger partial charge in [0.2, 0.25) is 0 Å². The van der Waals surface area contributed by atoms with E-state index < -0.39 is 6.10 Å². The quantitative estimate of drug-likeness (QED) is 0.611. The van der Waals surface area contributed by atoms with Gasteiger partial charge < -0.3 is 19.9 Å². The Labute approximate surface area is 122 Å². The van der Waals surface area contributed by atoms with Gasteiger partial charge in [-0.2, -0.15) is 0 Å². The van der Waals surface area contributed by atoms with Crippen LogP contribution in [-0.4, -0.2) is 37.6 Å². The number of aliphatic hydroxyl groups is 1. The predicted octanol–water partition coefficient (Wildman–Crippen LogP) is 2.35. The fourth-order valence-electron chi connectivity index (χ4n) is 1.82. The predicted molar refractivity (Wildman–Crippen MR) is 81.1 cm³/mol. The van der Waals surface area contributed by atoms with E-state index in [0.29, 0.717) is 26.3 Å². The van der Waals surface area contributed by atoms with Gasteiger partial charge in [-0.05, 0) is 31.0 Å². The van der Waals surface area contributed by atoms with Crippen molar-refractivity contribution in [1.82, 2.24) is 5.32 Å². The van der Waals surface area contributed by atoms with Crippen molar-refractivity contribution in [3.05, 3.63) is 29.8 Å². The minimum Gasteiger partial charge on any atom is -0.494 e. The average Bonchev–Trinajstić information content (AvgIpc) is 2.44. The molecule has 4 heteroatoms. The molecular formula is C16H27NO3. The molecule has 4 nitrogen and oxygen atoms in total. The fourth-order valence-corrected chi connectivity index (χ4v) is 1.82. The van der Waals surface area contributed by atoms with Crippen LogP contribution in [0, 0.1) is 0 Å². The summed E-state index contributed by atoms with van der Waals surface area (Å²) >= 11 is 0. The zero-order valence-electron chi connectivity index (χ0n) is 12.6. The van der Waals surface area contributed by atoms with E-state index in [1.54, 1.807) is 0 Å². The van der Waals surface area contributed by atoms with Gasteiger partial charge in [0.25, 0.3) is 0 Å². The molecule has 2 N–H and O–H groups in total. The van der Waals surface area contributed by atoms with Crippen molar-refractivity contribution in [2.24, 2.45) is 0 Å². The zero-order chi connectivity index (χ0) is 14.6. The minimum atomic E-state index is -0.457. The standard InChI is InChI=1S/C16H27NO3/c1-3-5-9-19-13-15(18)12-17-11-14-7-6-8-16(10-14)20-4-2/h6-8,10,15,17-18H,3-5,9,11-13H2,1-2H3. The number of rotatable bonds is 11. The molecule has 0 spiro atoms. The van der Waals surface area contributed by atoms with E-state index in [1.165, 1.54) is 0 Å². The molecule has 114 valence electrons. The first-order valence-electron chi connectivity index (χ1n) is 7.44. The maximum atomic E-state index is 9.75. The molecule has 0 radical (unpaired) electrons. The first-order valence-corrected chi connectivity index (χ1v) is 7.44. The summed E-state index contributed by atoms with van der Waals surface area (Å²) in [7, 11) is 0. The second-order valence-electron chi connectivity index (χ2n) is 4.79. The summed E-state index contributed by atoms with van der Waals surface area (Å²) in [5.74, 6) is 0.884. The Morgan fingerprint density at radius 3 is 2.90 bits per heavy atom. The monoisotopic (exact) mass is 281 g/mol. The Kier molecular flexibility index (Phi) is 9.04. The van der Waals surface area contributed by atoms with E-state index >= 15 is 0 Å². The van der Waals surface area contributed by atoms with Crippen LogP contribution in [0.2, 0.25) is 0 Å². The molecule has 0 aliphatic heterocycles. The van der Waals surface area contributed by atoms with Crippen LogP contribution in [0.25, 0.3) is 0 Å². The van der Waals surface area contributed by atoms with Crippen molar-refractivity contribution >= 4 is 0 Å². The Hall–Kier alpha value is -1.10. The maximum absolute atomic E-state index is 9.75. The van der Waals surface area contributed by atoms with Crippen LogP contribution in [0.4, 0.5) is 0 Å². The first-order chi connectivity index (χ1) is 9.76. The molecule has 1 aromatic rings. The number of ether oxygens (including phenoxy) is 2. The topological polar surface area (TPSA) is 50.7 Å². The lowest BCUT2D eigenvalue weighted by atomic mass is 10.2. The van der Waals surface area contributed by atoms with Crippen molar-refractivity contribution < 1.29 is 14.6 Å².